The Morgan fingerprint density at radius 3 is 2.59 bits per heavy atom. The largest absolute Gasteiger partial charge is 0.492 e. The molecule has 3 aromatic rings. The average molecular weight is 454 g/mol. The number of thiazole rings is 1. The summed E-state index contributed by atoms with van der Waals surface area (Å²) in [7, 11) is 0. The summed E-state index contributed by atoms with van der Waals surface area (Å²) in [6, 6.07) is 12.0. The van der Waals surface area contributed by atoms with Crippen molar-refractivity contribution in [1.29, 1.82) is 0 Å². The summed E-state index contributed by atoms with van der Waals surface area (Å²) < 4.78 is 19.8. The van der Waals surface area contributed by atoms with E-state index in [2.05, 4.69) is 16.4 Å². The molecule has 2 aromatic carbocycles. The van der Waals surface area contributed by atoms with Crippen LogP contribution in [0.25, 0.3) is 6.08 Å². The van der Waals surface area contributed by atoms with Crippen LogP contribution in [0.2, 0.25) is 0 Å². The Bertz CT molecular complexity index is 1120. The zero-order valence-electron chi connectivity index (χ0n) is 18.1. The first-order chi connectivity index (χ1) is 15.3. The second-order valence-corrected chi connectivity index (χ2v) is 7.99. The fraction of sp³-hybridized carbons (Fsp3) is 0.208. The van der Waals surface area contributed by atoms with Crippen LogP contribution in [-0.4, -0.2) is 29.9 Å². The number of amides is 2. The third kappa shape index (κ3) is 6.24. The van der Waals surface area contributed by atoms with E-state index in [0.717, 1.165) is 16.9 Å². The van der Waals surface area contributed by atoms with Crippen LogP contribution in [-0.2, 0) is 9.59 Å². The summed E-state index contributed by atoms with van der Waals surface area (Å²) in [5, 5.41) is 4.76. The Morgan fingerprint density at radius 1 is 1.19 bits per heavy atom. The molecular formula is C24H24FN3O3S. The molecule has 0 radical (unpaired) electrons. The quantitative estimate of drug-likeness (QED) is 0.393. The molecule has 0 aliphatic heterocycles. The summed E-state index contributed by atoms with van der Waals surface area (Å²) in [6.07, 6.45) is 2.90. The van der Waals surface area contributed by atoms with Crippen molar-refractivity contribution >= 4 is 40.0 Å². The molecule has 1 aromatic heterocycles. The molecule has 3 rings (SSSR count). The smallest absolute Gasteiger partial charge is 0.244 e. The lowest BCUT2D eigenvalue weighted by molar-refractivity contribution is -0.117. The van der Waals surface area contributed by atoms with Gasteiger partial charge < -0.3 is 10.1 Å². The lowest BCUT2D eigenvalue weighted by atomic mass is 10.1. The molecule has 1 N–H and O–H groups in total. The third-order valence-electron chi connectivity index (χ3n) is 4.38. The van der Waals surface area contributed by atoms with E-state index in [-0.39, 0.29) is 17.5 Å². The van der Waals surface area contributed by atoms with E-state index in [9.17, 15) is 14.0 Å². The number of carbonyl (C=O) groups excluding carboxylic acids is 2. The van der Waals surface area contributed by atoms with E-state index in [0.29, 0.717) is 24.0 Å². The van der Waals surface area contributed by atoms with Crippen molar-refractivity contribution in [2.45, 2.75) is 20.8 Å². The molecule has 166 valence electrons. The van der Waals surface area contributed by atoms with Gasteiger partial charge in [-0.05, 0) is 55.3 Å². The van der Waals surface area contributed by atoms with Crippen molar-refractivity contribution in [1.82, 2.24) is 10.3 Å². The van der Waals surface area contributed by atoms with Crippen LogP contribution in [0.1, 0.15) is 23.7 Å². The SMILES string of the molecule is CC(=O)N(c1nc(/C=C/C(=O)NCCOc2cc(C)cc(C)c2)cs1)c1ccccc1F. The van der Waals surface area contributed by atoms with Gasteiger partial charge in [-0.1, -0.05) is 18.2 Å². The van der Waals surface area contributed by atoms with Crippen molar-refractivity contribution in [3.63, 3.8) is 0 Å². The fourth-order valence-electron chi connectivity index (χ4n) is 3.08. The predicted octanol–water partition coefficient (Wildman–Crippen LogP) is 4.79. The van der Waals surface area contributed by atoms with Crippen LogP contribution in [0.3, 0.4) is 0 Å². The standard InChI is InChI=1S/C24H24FN3O3S/c1-16-12-17(2)14-20(13-16)31-11-10-26-23(30)9-8-19-15-32-24(27-19)28(18(3)29)22-7-5-4-6-21(22)25/h4-9,12-15H,10-11H2,1-3H3,(H,26,30)/b9-8+. The Labute approximate surface area is 190 Å². The molecular weight excluding hydrogens is 429 g/mol. The first-order valence-corrected chi connectivity index (χ1v) is 10.9. The Hall–Kier alpha value is -3.52. The number of hydrogen-bond donors (Lipinski definition) is 1. The maximum atomic E-state index is 14.1. The van der Waals surface area contributed by atoms with E-state index in [1.165, 1.54) is 41.4 Å². The zero-order valence-corrected chi connectivity index (χ0v) is 18.9. The van der Waals surface area contributed by atoms with Crippen LogP contribution in [0.15, 0.2) is 53.9 Å². The van der Waals surface area contributed by atoms with Crippen molar-refractivity contribution in [2.75, 3.05) is 18.1 Å². The Balaban J connectivity index is 1.55. The minimum absolute atomic E-state index is 0.131. The van der Waals surface area contributed by atoms with Gasteiger partial charge in [-0.25, -0.2) is 9.37 Å². The second kappa shape index (κ2) is 10.7. The van der Waals surface area contributed by atoms with E-state index in [4.69, 9.17) is 4.74 Å². The number of carbonyl (C=O) groups is 2. The maximum absolute atomic E-state index is 14.1. The highest BCUT2D eigenvalue weighted by Gasteiger charge is 2.20. The number of para-hydroxylation sites is 1. The second-order valence-electron chi connectivity index (χ2n) is 7.16. The van der Waals surface area contributed by atoms with Gasteiger partial charge in [-0.3, -0.25) is 14.5 Å². The molecule has 0 aliphatic rings. The molecule has 0 fully saturated rings. The molecule has 32 heavy (non-hydrogen) atoms. The summed E-state index contributed by atoms with van der Waals surface area (Å²) in [5.41, 5.74) is 2.86. The maximum Gasteiger partial charge on any atom is 0.244 e. The molecule has 0 saturated heterocycles. The van der Waals surface area contributed by atoms with Gasteiger partial charge in [0.1, 0.15) is 18.2 Å². The minimum atomic E-state index is -0.516. The molecule has 0 saturated carbocycles. The van der Waals surface area contributed by atoms with Crippen molar-refractivity contribution in [2.24, 2.45) is 0 Å². The first-order valence-electron chi connectivity index (χ1n) is 10.0. The van der Waals surface area contributed by atoms with Gasteiger partial charge in [-0.2, -0.15) is 0 Å². The van der Waals surface area contributed by atoms with Crippen LogP contribution in [0, 0.1) is 19.7 Å². The summed E-state index contributed by atoms with van der Waals surface area (Å²) in [6.45, 7) is 6.05. The van der Waals surface area contributed by atoms with Gasteiger partial charge in [0.25, 0.3) is 0 Å². The number of aryl methyl sites for hydroxylation is 2. The third-order valence-corrected chi connectivity index (χ3v) is 5.22. The molecule has 0 atom stereocenters. The highest BCUT2D eigenvalue weighted by molar-refractivity contribution is 7.14. The van der Waals surface area contributed by atoms with E-state index >= 15 is 0 Å². The molecule has 2 amide bonds. The monoisotopic (exact) mass is 453 g/mol. The number of rotatable bonds is 8. The summed E-state index contributed by atoms with van der Waals surface area (Å²) in [5.74, 6) is -0.396. The van der Waals surface area contributed by atoms with Gasteiger partial charge in [0.15, 0.2) is 5.13 Å². The van der Waals surface area contributed by atoms with Gasteiger partial charge in [0, 0.05) is 18.4 Å². The predicted molar refractivity (Wildman–Crippen MR) is 125 cm³/mol. The number of nitrogens with zero attached hydrogens (tertiary/aromatic N) is 2. The van der Waals surface area contributed by atoms with Gasteiger partial charge in [-0.15, -0.1) is 11.3 Å². The molecule has 0 unspecified atom stereocenters. The van der Waals surface area contributed by atoms with Crippen LogP contribution < -0.4 is 15.0 Å². The lowest BCUT2D eigenvalue weighted by Gasteiger charge is -2.18. The van der Waals surface area contributed by atoms with E-state index in [1.54, 1.807) is 23.6 Å². The van der Waals surface area contributed by atoms with Crippen molar-refractivity contribution < 1.29 is 18.7 Å². The average Bonchev–Trinajstić information content (AvgIpc) is 3.19. The topological polar surface area (TPSA) is 71.5 Å². The first kappa shape index (κ1) is 23.1. The molecule has 0 bridgehead atoms. The zero-order chi connectivity index (χ0) is 23.1. The highest BCUT2D eigenvalue weighted by Crippen LogP contribution is 2.30. The summed E-state index contributed by atoms with van der Waals surface area (Å²) >= 11 is 1.19. The van der Waals surface area contributed by atoms with Gasteiger partial charge in [0.05, 0.1) is 17.9 Å². The molecule has 6 nitrogen and oxygen atoms in total. The summed E-state index contributed by atoms with van der Waals surface area (Å²) in [4.78, 5) is 29.7. The number of ether oxygens (including phenoxy) is 1. The fourth-order valence-corrected chi connectivity index (χ4v) is 3.92. The Kier molecular flexibility index (Phi) is 7.72. The van der Waals surface area contributed by atoms with Crippen molar-refractivity contribution in [3.05, 3.63) is 76.6 Å². The van der Waals surface area contributed by atoms with E-state index in [1.807, 2.05) is 26.0 Å². The van der Waals surface area contributed by atoms with Crippen LogP contribution >= 0.6 is 11.3 Å². The highest BCUT2D eigenvalue weighted by atomic mass is 32.1. The van der Waals surface area contributed by atoms with E-state index < -0.39 is 5.82 Å². The molecule has 0 aliphatic carbocycles. The van der Waals surface area contributed by atoms with Crippen LogP contribution in [0.5, 0.6) is 5.75 Å². The number of nitrogens with one attached hydrogen (secondary N) is 1. The van der Waals surface area contributed by atoms with Crippen molar-refractivity contribution in [3.8, 4) is 5.75 Å². The normalized spacial score (nSPS) is 10.9. The molecule has 1 heterocycles. The number of aromatic nitrogens is 1. The molecule has 8 heteroatoms. The molecule has 0 spiro atoms. The van der Waals surface area contributed by atoms with Gasteiger partial charge in [0.2, 0.25) is 11.8 Å². The number of benzene rings is 2. The number of anilines is 2. The van der Waals surface area contributed by atoms with Crippen LogP contribution in [0.4, 0.5) is 15.2 Å². The Morgan fingerprint density at radius 2 is 1.91 bits per heavy atom. The van der Waals surface area contributed by atoms with Gasteiger partial charge >= 0.3 is 0 Å². The lowest BCUT2D eigenvalue weighted by Crippen LogP contribution is -2.26. The number of hydrogen-bond acceptors (Lipinski definition) is 5. The minimum Gasteiger partial charge on any atom is -0.492 e. The number of halogens is 1.